The fraction of sp³-hybridized carbons (Fsp3) is 0.471. The minimum atomic E-state index is 0.173. The van der Waals surface area contributed by atoms with Crippen molar-refractivity contribution < 1.29 is 4.79 Å². The predicted molar refractivity (Wildman–Crippen MR) is 76.2 cm³/mol. The van der Waals surface area contributed by atoms with Crippen LogP contribution in [-0.4, -0.2) is 5.78 Å². The zero-order chi connectivity index (χ0) is 13.2. The first-order chi connectivity index (χ1) is 8.51. The van der Waals surface area contributed by atoms with Crippen LogP contribution in [-0.2, 0) is 4.79 Å². The van der Waals surface area contributed by atoms with Gasteiger partial charge in [0.2, 0.25) is 0 Å². The molecule has 0 spiro atoms. The largest absolute Gasteiger partial charge is 0.300 e. The topological polar surface area (TPSA) is 17.1 Å². The van der Waals surface area contributed by atoms with Gasteiger partial charge in [-0.05, 0) is 36.7 Å². The molecule has 96 valence electrons. The third kappa shape index (κ3) is 2.55. The molecule has 1 nitrogen and oxygen atoms in total. The van der Waals surface area contributed by atoms with Crippen molar-refractivity contribution in [2.75, 3.05) is 0 Å². The Morgan fingerprint density at radius 1 is 1.33 bits per heavy atom. The number of carbonyl (C=O) groups is 1. The Morgan fingerprint density at radius 3 is 2.56 bits per heavy atom. The first-order valence-electron chi connectivity index (χ1n) is 6.74. The van der Waals surface area contributed by atoms with E-state index in [4.69, 9.17) is 0 Å². The molecule has 0 unspecified atom stereocenters. The lowest BCUT2D eigenvalue weighted by atomic mass is 9.53. The molecule has 0 N–H and O–H groups in total. The lowest BCUT2D eigenvalue weighted by Gasteiger charge is -2.51. The second kappa shape index (κ2) is 5.09. The summed E-state index contributed by atoms with van der Waals surface area (Å²) in [4.78, 5) is 11.5. The zero-order valence-corrected chi connectivity index (χ0v) is 11.5. The average Bonchev–Trinajstić information content (AvgIpc) is 2.33. The molecule has 1 heteroatoms. The van der Waals surface area contributed by atoms with E-state index in [0.717, 1.165) is 12.8 Å². The summed E-state index contributed by atoms with van der Waals surface area (Å²) < 4.78 is 0. The molecule has 2 rings (SSSR count). The van der Waals surface area contributed by atoms with Crippen LogP contribution in [0, 0.1) is 17.3 Å². The summed E-state index contributed by atoms with van der Waals surface area (Å²) in [6.07, 6.45) is 6.56. The van der Waals surface area contributed by atoms with Gasteiger partial charge in [0.1, 0.15) is 5.78 Å². The molecule has 1 saturated carbocycles. The molecule has 1 fully saturated rings. The number of allylic oxidation sites excluding steroid dienone is 1. The molecule has 0 aliphatic heterocycles. The van der Waals surface area contributed by atoms with Crippen LogP contribution in [0.15, 0.2) is 36.4 Å². The summed E-state index contributed by atoms with van der Waals surface area (Å²) in [7, 11) is 0. The Kier molecular flexibility index (Phi) is 3.70. The molecular formula is C17H22O. The average molecular weight is 242 g/mol. The van der Waals surface area contributed by atoms with Crippen molar-refractivity contribution in [1.29, 1.82) is 0 Å². The molecule has 2 atom stereocenters. The Labute approximate surface area is 110 Å². The Bertz CT molecular complexity index is 442. The molecule has 18 heavy (non-hydrogen) atoms. The molecule has 1 aromatic rings. The summed E-state index contributed by atoms with van der Waals surface area (Å²) in [5.74, 6) is 1.27. The van der Waals surface area contributed by atoms with E-state index in [0.29, 0.717) is 11.7 Å². The highest BCUT2D eigenvalue weighted by Gasteiger charge is 2.49. The van der Waals surface area contributed by atoms with Crippen LogP contribution in [0.2, 0.25) is 0 Å². The maximum absolute atomic E-state index is 11.5. The maximum atomic E-state index is 11.5. The van der Waals surface area contributed by atoms with Crippen molar-refractivity contribution >= 4 is 11.9 Å². The number of benzene rings is 1. The minimum absolute atomic E-state index is 0.173. The van der Waals surface area contributed by atoms with Gasteiger partial charge in [0, 0.05) is 5.92 Å². The Morgan fingerprint density at radius 2 is 2.00 bits per heavy atom. The van der Waals surface area contributed by atoms with Crippen molar-refractivity contribution in [2.24, 2.45) is 17.3 Å². The van der Waals surface area contributed by atoms with Gasteiger partial charge in [0.15, 0.2) is 0 Å². The maximum Gasteiger partial charge on any atom is 0.133 e. The molecule has 0 bridgehead atoms. The van der Waals surface area contributed by atoms with Gasteiger partial charge in [-0.2, -0.15) is 0 Å². The zero-order valence-electron chi connectivity index (χ0n) is 11.5. The van der Waals surface area contributed by atoms with Crippen molar-refractivity contribution in [3.05, 3.63) is 42.0 Å². The smallest absolute Gasteiger partial charge is 0.133 e. The molecule has 0 radical (unpaired) electrons. The van der Waals surface area contributed by atoms with Gasteiger partial charge < -0.3 is 0 Å². The van der Waals surface area contributed by atoms with E-state index in [2.05, 4.69) is 50.3 Å². The Balaban J connectivity index is 1.90. The van der Waals surface area contributed by atoms with E-state index in [1.165, 1.54) is 5.56 Å². The quantitative estimate of drug-likeness (QED) is 0.767. The van der Waals surface area contributed by atoms with Crippen LogP contribution in [0.5, 0.6) is 0 Å². The predicted octanol–water partition coefficient (Wildman–Crippen LogP) is 4.34. The monoisotopic (exact) mass is 242 g/mol. The fourth-order valence-electron chi connectivity index (χ4n) is 3.04. The highest BCUT2D eigenvalue weighted by molar-refractivity contribution is 5.80. The number of hydrogen-bond donors (Lipinski definition) is 0. The van der Waals surface area contributed by atoms with Gasteiger partial charge in [-0.3, -0.25) is 4.79 Å². The standard InChI is InChI=1S/C17H22O/c1-13(18)16-12-15(17(16,2)3)11-7-10-14-8-5-4-6-9-14/h4-10,15-16H,11-12H2,1-3H3/t15-,16-/m0/s1. The van der Waals surface area contributed by atoms with Gasteiger partial charge in [0.25, 0.3) is 0 Å². The second-order valence-electron chi connectivity index (χ2n) is 5.97. The summed E-state index contributed by atoms with van der Waals surface area (Å²) in [5.41, 5.74) is 1.42. The van der Waals surface area contributed by atoms with E-state index < -0.39 is 0 Å². The lowest BCUT2D eigenvalue weighted by molar-refractivity contribution is -0.135. The van der Waals surface area contributed by atoms with Crippen LogP contribution in [0.25, 0.3) is 6.08 Å². The molecular weight excluding hydrogens is 220 g/mol. The number of ketones is 1. The van der Waals surface area contributed by atoms with E-state index >= 15 is 0 Å². The summed E-state index contributed by atoms with van der Waals surface area (Å²) >= 11 is 0. The van der Waals surface area contributed by atoms with Crippen molar-refractivity contribution in [1.82, 2.24) is 0 Å². The first kappa shape index (κ1) is 13.1. The highest BCUT2D eigenvalue weighted by Crippen LogP contribution is 2.53. The second-order valence-corrected chi connectivity index (χ2v) is 5.97. The highest BCUT2D eigenvalue weighted by atomic mass is 16.1. The van der Waals surface area contributed by atoms with Gasteiger partial charge >= 0.3 is 0 Å². The van der Waals surface area contributed by atoms with E-state index in [-0.39, 0.29) is 11.3 Å². The number of rotatable bonds is 4. The van der Waals surface area contributed by atoms with Crippen molar-refractivity contribution in [3.63, 3.8) is 0 Å². The Hall–Kier alpha value is -1.37. The summed E-state index contributed by atoms with van der Waals surface area (Å²) in [6, 6.07) is 10.4. The summed E-state index contributed by atoms with van der Waals surface area (Å²) in [6.45, 7) is 6.18. The molecule has 0 saturated heterocycles. The van der Waals surface area contributed by atoms with E-state index in [9.17, 15) is 4.79 Å². The van der Waals surface area contributed by atoms with Crippen LogP contribution < -0.4 is 0 Å². The van der Waals surface area contributed by atoms with Crippen LogP contribution in [0.3, 0.4) is 0 Å². The third-order valence-electron chi connectivity index (χ3n) is 4.49. The number of carbonyl (C=O) groups excluding carboxylic acids is 1. The molecule has 1 aromatic carbocycles. The van der Waals surface area contributed by atoms with Crippen LogP contribution in [0.4, 0.5) is 0 Å². The molecule has 0 amide bonds. The summed E-state index contributed by atoms with van der Waals surface area (Å²) in [5, 5.41) is 0. The molecule has 1 aliphatic rings. The SMILES string of the molecule is CC(=O)[C@@H]1C[C@H](CC=Cc2ccccc2)C1(C)C. The van der Waals surface area contributed by atoms with Crippen LogP contribution >= 0.6 is 0 Å². The van der Waals surface area contributed by atoms with Gasteiger partial charge in [-0.15, -0.1) is 0 Å². The van der Waals surface area contributed by atoms with Crippen molar-refractivity contribution in [3.8, 4) is 0 Å². The lowest BCUT2D eigenvalue weighted by Crippen LogP contribution is -2.47. The van der Waals surface area contributed by atoms with Gasteiger partial charge in [-0.25, -0.2) is 0 Å². The third-order valence-corrected chi connectivity index (χ3v) is 4.49. The number of Topliss-reactive ketones (excluding diaryl/α,β-unsaturated/α-hetero) is 1. The molecule has 0 heterocycles. The van der Waals surface area contributed by atoms with E-state index in [1.54, 1.807) is 6.92 Å². The fourth-order valence-corrected chi connectivity index (χ4v) is 3.04. The first-order valence-corrected chi connectivity index (χ1v) is 6.74. The van der Waals surface area contributed by atoms with Crippen molar-refractivity contribution in [2.45, 2.75) is 33.6 Å². The van der Waals surface area contributed by atoms with Gasteiger partial charge in [0.05, 0.1) is 0 Å². The normalized spacial score (nSPS) is 25.9. The molecule has 1 aliphatic carbocycles. The molecule has 0 aromatic heterocycles. The van der Waals surface area contributed by atoms with Crippen LogP contribution in [0.1, 0.15) is 39.2 Å². The number of hydrogen-bond acceptors (Lipinski definition) is 1. The minimum Gasteiger partial charge on any atom is -0.300 e. The van der Waals surface area contributed by atoms with E-state index in [1.807, 2.05) is 6.07 Å². The van der Waals surface area contributed by atoms with Gasteiger partial charge in [-0.1, -0.05) is 56.3 Å².